The van der Waals surface area contributed by atoms with Gasteiger partial charge in [-0.3, -0.25) is 4.79 Å². The minimum absolute atomic E-state index is 0.144. The van der Waals surface area contributed by atoms with Gasteiger partial charge in [0.25, 0.3) is 0 Å². The first kappa shape index (κ1) is 88.4. The topological polar surface area (TPSA) is 222 Å². The van der Waals surface area contributed by atoms with Crippen molar-refractivity contribution in [1.29, 1.82) is 0 Å². The van der Waals surface area contributed by atoms with Crippen LogP contribution in [0.2, 0.25) is 0 Å². The summed E-state index contributed by atoms with van der Waals surface area (Å²) in [5.74, 6) is -32.0. The minimum Gasteiger partial charge on any atom is -0.452 e. The van der Waals surface area contributed by atoms with Crippen LogP contribution in [0, 0.1) is 29.6 Å². The zero-order valence-electron chi connectivity index (χ0n) is 48.9. The summed E-state index contributed by atoms with van der Waals surface area (Å²) in [4.78, 5) is 32.2. The van der Waals surface area contributed by atoms with Crippen LogP contribution in [0.5, 0.6) is 0 Å². The molecule has 0 radical (unpaired) electrons. The molecule has 6 unspecified atom stereocenters. The van der Waals surface area contributed by atoms with Gasteiger partial charge in [0, 0.05) is 17.4 Å². The van der Waals surface area contributed by atoms with Gasteiger partial charge >= 0.3 is 78.3 Å². The highest BCUT2D eigenvalue weighted by molar-refractivity contribution is 5.91. The Labute approximate surface area is 510 Å². The largest absolute Gasteiger partial charge is 0.456 e. The highest BCUT2D eigenvalue weighted by Gasteiger charge is 2.72. The second-order valence-electron chi connectivity index (χ2n) is 23.0. The van der Waals surface area contributed by atoms with Crippen molar-refractivity contribution in [2.45, 2.75) is 277 Å². The van der Waals surface area contributed by atoms with Crippen LogP contribution >= 0.6 is 0 Å². The number of aliphatic hydroxyl groups excluding tert-OH is 6. The van der Waals surface area contributed by atoms with Crippen LogP contribution in [-0.2, 0) is 19.1 Å². The Balaban J connectivity index is 0.00000111. The van der Waals surface area contributed by atoms with Crippen molar-refractivity contribution in [3.63, 3.8) is 0 Å². The van der Waals surface area contributed by atoms with Gasteiger partial charge in [0.2, 0.25) is 18.3 Å². The summed E-state index contributed by atoms with van der Waals surface area (Å²) in [6.45, 7) is 4.43. The number of aldehydes is 1. The molecule has 5 aliphatic carbocycles. The number of hydrogen-bond acceptors (Lipinski definition) is 12. The Hall–Kier alpha value is -3.59. The quantitative estimate of drug-likeness (QED) is 0.0252. The highest BCUT2D eigenvalue weighted by atomic mass is 19.4. The van der Waals surface area contributed by atoms with E-state index in [1.165, 1.54) is 26.2 Å². The lowest BCUT2D eigenvalue weighted by Crippen LogP contribution is -2.64. The molecular weight excluding hydrogens is 1330 g/mol. The van der Waals surface area contributed by atoms with Gasteiger partial charge in [0.05, 0.1) is 0 Å². The average Bonchev–Trinajstić information content (AvgIpc) is 0.771. The zero-order chi connectivity index (χ0) is 72.3. The molecule has 92 heavy (non-hydrogen) atoms. The summed E-state index contributed by atoms with van der Waals surface area (Å²) in [5.41, 5.74) is -0.196. The Bertz CT molecular complexity index is 2140. The van der Waals surface area contributed by atoms with E-state index in [2.05, 4.69) is 11.3 Å². The number of rotatable bonds is 15. The molecule has 6 atom stereocenters. The lowest BCUT2D eigenvalue weighted by Gasteiger charge is -2.38. The molecule has 0 aromatic carbocycles. The van der Waals surface area contributed by atoms with Crippen LogP contribution in [0.3, 0.4) is 0 Å². The summed E-state index contributed by atoms with van der Waals surface area (Å²) in [5, 5.41) is 70.2. The van der Waals surface area contributed by atoms with Crippen LogP contribution in [0.1, 0.15) is 167 Å². The third-order valence-electron chi connectivity index (χ3n) is 15.7. The number of carbonyl (C=O) groups is 3. The van der Waals surface area contributed by atoms with Gasteiger partial charge in [-0.2, -0.15) is 105 Å². The van der Waals surface area contributed by atoms with E-state index in [-0.39, 0.29) is 56.9 Å². The van der Waals surface area contributed by atoms with Crippen LogP contribution in [0.15, 0.2) is 12.2 Å². The Morgan fingerprint density at radius 2 is 0.696 bits per heavy atom. The van der Waals surface area contributed by atoms with E-state index >= 15 is 0 Å². The fourth-order valence-electron chi connectivity index (χ4n) is 10.3. The summed E-state index contributed by atoms with van der Waals surface area (Å²) >= 11 is 0. The molecule has 0 saturated heterocycles. The molecule has 0 amide bonds. The first-order valence-corrected chi connectivity index (χ1v) is 28.7. The average molecular weight is 1410 g/mol. The Morgan fingerprint density at radius 3 is 0.957 bits per heavy atom. The maximum Gasteiger partial charge on any atom is 0.456 e. The van der Waals surface area contributed by atoms with Gasteiger partial charge in [-0.1, -0.05) is 103 Å². The number of halogens is 26. The molecule has 12 nitrogen and oxygen atoms in total. The molecule has 0 aromatic heterocycles. The van der Waals surface area contributed by atoms with E-state index in [0.29, 0.717) is 57.3 Å². The van der Waals surface area contributed by atoms with E-state index in [4.69, 9.17) is 25.5 Å². The summed E-state index contributed by atoms with van der Waals surface area (Å²) in [6, 6.07) is 0. The standard InChI is InChI=1S/C14H19F5O3.C10H15F5O3.C10H15F5O2.C10H13F5O2.C7H12O.C3H2F6O/c1-8(2)11(20)22-10(9-6-4-3-5-7-9)13(15,16)12(21)14(17,18)19;11-8(12,9(17,18)10(13,14)15)7(16)6-4-2-1-3-5-6;2*11-9(12,8(17)10(13,14)15)7(16)6-4-2-1-3-5-6;8-6-7-4-2-1-3-5-7;4-2(5,6)1(10)3(7,8)9/h9-10,12,21H,1,3-7H2,2H3;6-7,16-18H,1-5H2;6-8,16-17H,1-5H2;6-7,16H,1-5H2;6-7H,1-5H2;1,10H. The first-order valence-electron chi connectivity index (χ1n) is 28.7. The maximum absolute atomic E-state index is 14.1. The maximum atomic E-state index is 14.1. The van der Waals surface area contributed by atoms with Crippen molar-refractivity contribution in [2.75, 3.05) is 0 Å². The van der Waals surface area contributed by atoms with Crippen LogP contribution in [0.25, 0.3) is 0 Å². The summed E-state index contributed by atoms with van der Waals surface area (Å²) in [6.07, 6.45) is -39.0. The second kappa shape index (κ2) is 36.1. The molecule has 8 N–H and O–H groups in total. The van der Waals surface area contributed by atoms with Gasteiger partial charge in [0.1, 0.15) is 24.6 Å². The van der Waals surface area contributed by atoms with Crippen molar-refractivity contribution >= 4 is 18.0 Å². The Kier molecular flexibility index (Phi) is 34.7. The second-order valence-corrected chi connectivity index (χ2v) is 23.0. The molecule has 5 aliphatic rings. The summed E-state index contributed by atoms with van der Waals surface area (Å²) in [7, 11) is 0. The molecule has 5 saturated carbocycles. The predicted octanol–water partition coefficient (Wildman–Crippen LogP) is 13.8. The molecule has 38 heteroatoms. The summed E-state index contributed by atoms with van der Waals surface area (Å²) < 4.78 is 324. The molecule has 0 heterocycles. The number of hydrogen-bond donors (Lipinski definition) is 8. The third kappa shape index (κ3) is 27.1. The first-order chi connectivity index (χ1) is 41.4. The van der Waals surface area contributed by atoms with Gasteiger partial charge in [-0.25, -0.2) is 13.6 Å². The number of esters is 1. The molecule has 0 spiro atoms. The van der Waals surface area contributed by atoms with Crippen molar-refractivity contribution in [1.82, 2.24) is 0 Å². The van der Waals surface area contributed by atoms with Crippen LogP contribution in [0.4, 0.5) is 114 Å². The van der Waals surface area contributed by atoms with Crippen LogP contribution in [-0.4, -0.2) is 168 Å². The molecule has 0 aliphatic heterocycles. The van der Waals surface area contributed by atoms with Crippen molar-refractivity contribution in [3.05, 3.63) is 12.2 Å². The third-order valence-corrected chi connectivity index (χ3v) is 15.7. The van der Waals surface area contributed by atoms with Gasteiger partial charge in [-0.15, -0.1) is 0 Å². The SMILES string of the molecule is C=C(C)C(=O)OC(C1CCCCC1)C(F)(F)C(O)C(F)(F)F.O=C(C(F)(F)F)C(F)(F)C(O)C1CCCCC1.O=CC1CCCCC1.OC(C(F)(F)F)C(F)(F)F.OC(C1CCCCC1)C(F)(F)C(O)(O)C(F)(F)F.OC(C1CCCCC1)C(F)(F)C(O)C(F)(F)F. The van der Waals surface area contributed by atoms with Crippen LogP contribution < -0.4 is 0 Å². The smallest absolute Gasteiger partial charge is 0.452 e. The number of aliphatic hydroxyl groups is 8. The van der Waals surface area contributed by atoms with E-state index in [9.17, 15) is 144 Å². The van der Waals surface area contributed by atoms with Gasteiger partial charge in [0.15, 0.2) is 6.10 Å². The normalized spacial score (nSPS) is 21.0. The lowest BCUT2D eigenvalue weighted by atomic mass is 9.81. The number of ether oxygens (including phenoxy) is 1. The zero-order valence-corrected chi connectivity index (χ0v) is 48.9. The van der Waals surface area contributed by atoms with Gasteiger partial charge < -0.3 is 50.4 Å². The van der Waals surface area contributed by atoms with Crippen molar-refractivity contribution in [2.24, 2.45) is 29.6 Å². The molecule has 0 aromatic rings. The number of carbonyl (C=O) groups excluding carboxylic acids is 3. The predicted molar refractivity (Wildman–Crippen MR) is 268 cm³/mol. The van der Waals surface area contributed by atoms with E-state index in [0.717, 1.165) is 44.8 Å². The molecule has 0 bridgehead atoms. The molecule has 5 fully saturated rings. The van der Waals surface area contributed by atoms with Crippen molar-refractivity contribution < 1.29 is 174 Å². The van der Waals surface area contributed by atoms with E-state index < -0.39 is 145 Å². The monoisotopic (exact) mass is 1410 g/mol. The van der Waals surface area contributed by atoms with Gasteiger partial charge in [-0.05, 0) is 88.9 Å². The fourth-order valence-corrected chi connectivity index (χ4v) is 10.3. The number of ketones is 1. The molecular formula is C54H76F26O12. The molecule has 5 rings (SSSR count). The van der Waals surface area contributed by atoms with Crippen molar-refractivity contribution in [3.8, 4) is 0 Å². The minimum atomic E-state index is -5.94. The van der Waals surface area contributed by atoms with E-state index in [1.807, 2.05) is 0 Å². The van der Waals surface area contributed by atoms with E-state index in [1.54, 1.807) is 0 Å². The fraction of sp³-hybridized carbons (Fsp3) is 0.907. The molecule has 546 valence electrons. The number of alkyl halides is 26. The highest BCUT2D eigenvalue weighted by Crippen LogP contribution is 2.47. The number of Topliss-reactive ketones (excluding diaryl/α,β-unsaturated/α-hetero) is 1. The lowest BCUT2D eigenvalue weighted by molar-refractivity contribution is -0.431. The Morgan fingerprint density at radius 1 is 0.413 bits per heavy atom.